The van der Waals surface area contributed by atoms with Gasteiger partial charge in [-0.25, -0.2) is 4.98 Å². The molecule has 5 rings (SSSR count). The van der Waals surface area contributed by atoms with Crippen molar-refractivity contribution in [3.63, 3.8) is 0 Å². The number of aromatic nitrogens is 2. The van der Waals surface area contributed by atoms with Gasteiger partial charge in [0, 0.05) is 38.3 Å². The van der Waals surface area contributed by atoms with Gasteiger partial charge < -0.3 is 30.9 Å². The average molecular weight is 660 g/mol. The number of anilines is 3. The van der Waals surface area contributed by atoms with Crippen molar-refractivity contribution in [1.29, 1.82) is 0 Å². The molecule has 4 N–H and O–H groups in total. The third-order valence-corrected chi connectivity index (χ3v) is 8.70. The van der Waals surface area contributed by atoms with Gasteiger partial charge in [0.2, 0.25) is 11.9 Å². The van der Waals surface area contributed by atoms with Gasteiger partial charge in [0.05, 0.1) is 35.5 Å². The molecule has 3 aromatic rings. The lowest BCUT2D eigenvalue weighted by atomic mass is 10.0. The fraction of sp³-hybridized carbons (Fsp3) is 0.438. The predicted octanol–water partition coefficient (Wildman–Crippen LogP) is 5.72. The molecule has 246 valence electrons. The molecule has 1 saturated heterocycles. The molecule has 14 heteroatoms. The maximum Gasteiger partial charge on any atom is 0.421 e. The number of ether oxygens (including phenoxy) is 1. The highest BCUT2D eigenvalue weighted by atomic mass is 35.5. The van der Waals surface area contributed by atoms with Crippen LogP contribution in [-0.2, 0) is 17.4 Å². The Morgan fingerprint density at radius 1 is 1.11 bits per heavy atom. The summed E-state index contributed by atoms with van der Waals surface area (Å²) in [6.45, 7) is 7.41. The van der Waals surface area contributed by atoms with E-state index in [2.05, 4.69) is 50.0 Å². The number of alkyl halides is 3. The average Bonchev–Trinajstić information content (AvgIpc) is 3.33. The molecule has 2 atom stereocenters. The minimum atomic E-state index is -4.75. The van der Waals surface area contributed by atoms with E-state index in [-0.39, 0.29) is 45.8 Å². The fourth-order valence-corrected chi connectivity index (χ4v) is 6.25. The van der Waals surface area contributed by atoms with Gasteiger partial charge in [0.15, 0.2) is 0 Å². The Kier molecular flexibility index (Phi) is 9.92. The molecule has 1 fully saturated rings. The molecular weight excluding hydrogens is 623 g/mol. The number of likely N-dealkylation sites (tertiary alicyclic amines) is 1. The van der Waals surface area contributed by atoms with Crippen LogP contribution in [0.3, 0.4) is 0 Å². The van der Waals surface area contributed by atoms with Gasteiger partial charge in [-0.1, -0.05) is 35.9 Å². The van der Waals surface area contributed by atoms with Crippen molar-refractivity contribution < 1.29 is 27.5 Å². The second-order valence-corrected chi connectivity index (χ2v) is 12.2. The van der Waals surface area contributed by atoms with Gasteiger partial charge in [-0.15, -0.1) is 0 Å². The lowest BCUT2D eigenvalue weighted by Crippen LogP contribution is -2.46. The van der Waals surface area contributed by atoms with E-state index >= 15 is 0 Å². The summed E-state index contributed by atoms with van der Waals surface area (Å²) >= 11 is 6.53. The summed E-state index contributed by atoms with van der Waals surface area (Å²) in [6.07, 6.45) is -2.06. The molecule has 2 amide bonds. The number of nitrogens with one attached hydrogen (secondary N) is 4. The van der Waals surface area contributed by atoms with Gasteiger partial charge in [-0.05, 0) is 56.4 Å². The van der Waals surface area contributed by atoms with Gasteiger partial charge >= 0.3 is 6.18 Å². The molecule has 46 heavy (non-hydrogen) atoms. The first-order chi connectivity index (χ1) is 21.8. The van der Waals surface area contributed by atoms with Crippen LogP contribution in [0.4, 0.5) is 30.6 Å². The van der Waals surface area contributed by atoms with E-state index in [4.69, 9.17) is 16.3 Å². The highest BCUT2D eigenvalue weighted by molar-refractivity contribution is 6.34. The Morgan fingerprint density at radius 2 is 1.83 bits per heavy atom. The Labute approximate surface area is 270 Å². The van der Waals surface area contributed by atoms with Crippen molar-refractivity contribution in [1.82, 2.24) is 25.5 Å². The summed E-state index contributed by atoms with van der Waals surface area (Å²) in [6, 6.07) is 9.56. The number of fused-ring (bicyclic) bond motifs is 1. The third kappa shape index (κ3) is 7.47. The van der Waals surface area contributed by atoms with E-state index < -0.39 is 29.6 Å². The Morgan fingerprint density at radius 3 is 2.48 bits per heavy atom. The van der Waals surface area contributed by atoms with Gasteiger partial charge in [0.25, 0.3) is 5.91 Å². The minimum Gasteiger partial charge on any atom is -0.495 e. The smallest absolute Gasteiger partial charge is 0.421 e. The number of nitrogens with zero attached hydrogens (tertiary/aromatic N) is 3. The highest BCUT2D eigenvalue weighted by Crippen LogP contribution is 2.39. The standard InChI is InChI=1S/C32H37ClF3N7O3/c1-17(2)43-11-9-20(10-12-43)39-30(45)22-14-27(46-4)25(15-24(22)33)41-31-37-16-23(32(34,35)36)29(42-31)40-26-13-19-7-5-6-8-21(19)28(26)38-18(3)44/h5-8,14-17,20,26,28H,9-13H2,1-4H3,(H,38,44)(H,39,45)(H2,37,40,41,42)/t26-,28-/m1/s1. The number of rotatable bonds is 9. The third-order valence-electron chi connectivity index (χ3n) is 8.38. The van der Waals surface area contributed by atoms with Gasteiger partial charge in [0.1, 0.15) is 17.1 Å². The molecule has 10 nitrogen and oxygen atoms in total. The van der Waals surface area contributed by atoms with Crippen LogP contribution in [0, 0.1) is 0 Å². The molecular formula is C32H37ClF3N7O3. The van der Waals surface area contributed by atoms with Crippen molar-refractivity contribution in [3.05, 3.63) is 69.9 Å². The van der Waals surface area contributed by atoms with Crippen molar-refractivity contribution in [2.24, 2.45) is 0 Å². The Bertz CT molecular complexity index is 1600. The van der Waals surface area contributed by atoms with E-state index in [1.807, 2.05) is 24.3 Å². The van der Waals surface area contributed by atoms with Crippen LogP contribution in [0.2, 0.25) is 5.02 Å². The summed E-state index contributed by atoms with van der Waals surface area (Å²) in [4.78, 5) is 35.6. The number of methoxy groups -OCH3 is 1. The SMILES string of the molecule is COc1cc(C(=O)NC2CCN(C(C)C)CC2)c(Cl)cc1Nc1ncc(C(F)(F)F)c(N[C@@H]2Cc3ccccc3[C@H]2NC(C)=O)n1. The molecule has 1 aliphatic carbocycles. The van der Waals surface area contributed by atoms with E-state index in [9.17, 15) is 22.8 Å². The summed E-state index contributed by atoms with van der Waals surface area (Å²) in [7, 11) is 1.40. The summed E-state index contributed by atoms with van der Waals surface area (Å²) in [5, 5.41) is 11.8. The largest absolute Gasteiger partial charge is 0.495 e. The fourth-order valence-electron chi connectivity index (χ4n) is 6.00. The quantitative estimate of drug-likeness (QED) is 0.230. The van der Waals surface area contributed by atoms with Crippen molar-refractivity contribution in [3.8, 4) is 5.75 Å². The maximum absolute atomic E-state index is 14.1. The molecule has 0 spiro atoms. The minimum absolute atomic E-state index is 0.00624. The number of hydrogen-bond donors (Lipinski definition) is 4. The topological polar surface area (TPSA) is 121 Å². The Hall–Kier alpha value is -4.10. The number of amides is 2. The highest BCUT2D eigenvalue weighted by Gasteiger charge is 2.39. The van der Waals surface area contributed by atoms with E-state index in [1.54, 1.807) is 0 Å². The van der Waals surface area contributed by atoms with Crippen LogP contribution >= 0.6 is 11.6 Å². The monoisotopic (exact) mass is 659 g/mol. The predicted molar refractivity (Wildman–Crippen MR) is 170 cm³/mol. The number of hydrogen-bond acceptors (Lipinski definition) is 8. The first-order valence-corrected chi connectivity index (χ1v) is 15.5. The molecule has 1 aromatic heterocycles. The van der Waals surface area contributed by atoms with Crippen molar-refractivity contribution in [2.45, 2.75) is 70.4 Å². The summed E-state index contributed by atoms with van der Waals surface area (Å²) in [5.41, 5.74) is 1.12. The number of halogens is 4. The first-order valence-electron chi connectivity index (χ1n) is 15.1. The second-order valence-electron chi connectivity index (χ2n) is 11.8. The van der Waals surface area contributed by atoms with Crippen LogP contribution in [0.25, 0.3) is 0 Å². The van der Waals surface area contributed by atoms with Crippen LogP contribution in [-0.4, -0.2) is 65.0 Å². The summed E-state index contributed by atoms with van der Waals surface area (Å²) < 4.78 is 47.7. The van der Waals surface area contributed by atoms with E-state index in [1.165, 1.54) is 26.2 Å². The molecule has 2 heterocycles. The van der Waals surface area contributed by atoms with Crippen molar-refractivity contribution >= 4 is 40.9 Å². The molecule has 2 aliphatic rings. The number of carbonyl (C=O) groups excluding carboxylic acids is 2. The van der Waals surface area contributed by atoms with Crippen LogP contribution in [0.15, 0.2) is 42.6 Å². The Balaban J connectivity index is 1.37. The molecule has 1 aliphatic heterocycles. The lowest BCUT2D eigenvalue weighted by molar-refractivity contribution is -0.137. The number of benzene rings is 2. The zero-order valence-corrected chi connectivity index (χ0v) is 26.7. The van der Waals surface area contributed by atoms with Crippen LogP contribution in [0.1, 0.15) is 66.7 Å². The lowest BCUT2D eigenvalue weighted by Gasteiger charge is -2.34. The van der Waals surface area contributed by atoms with Crippen molar-refractivity contribution in [2.75, 3.05) is 30.8 Å². The van der Waals surface area contributed by atoms with Gasteiger partial charge in [-0.3, -0.25) is 9.59 Å². The van der Waals surface area contributed by atoms with Crippen LogP contribution < -0.4 is 26.0 Å². The number of piperidine rings is 1. The zero-order chi connectivity index (χ0) is 33.2. The van der Waals surface area contributed by atoms with Crippen LogP contribution in [0.5, 0.6) is 5.75 Å². The second kappa shape index (κ2) is 13.7. The molecule has 0 radical (unpaired) electrons. The number of carbonyl (C=O) groups is 2. The van der Waals surface area contributed by atoms with E-state index in [0.717, 1.165) is 37.1 Å². The normalized spacial score (nSPS) is 18.6. The molecule has 2 aromatic carbocycles. The van der Waals surface area contributed by atoms with Gasteiger partial charge in [-0.2, -0.15) is 18.2 Å². The zero-order valence-electron chi connectivity index (χ0n) is 26.0. The first kappa shape index (κ1) is 33.3. The summed E-state index contributed by atoms with van der Waals surface area (Å²) in [5.74, 6) is -1.05. The van der Waals surface area contributed by atoms with E-state index in [0.29, 0.717) is 18.7 Å². The molecule has 0 bridgehead atoms. The maximum atomic E-state index is 14.1. The molecule has 0 unspecified atom stereocenters. The molecule has 0 saturated carbocycles.